The molecule has 0 rings (SSSR count). The summed E-state index contributed by atoms with van der Waals surface area (Å²) in [6, 6.07) is 0.827. The van der Waals surface area contributed by atoms with Gasteiger partial charge in [0.05, 0.1) is 12.2 Å². The third-order valence-electron chi connectivity index (χ3n) is 5.30. The molecule has 6 heteroatoms. The molecular formula is C23H46O5Si. The lowest BCUT2D eigenvalue weighted by Gasteiger charge is -2.41. The van der Waals surface area contributed by atoms with Crippen molar-refractivity contribution in [3.63, 3.8) is 0 Å². The van der Waals surface area contributed by atoms with Crippen molar-refractivity contribution in [1.29, 1.82) is 0 Å². The zero-order chi connectivity index (χ0) is 22.5. The van der Waals surface area contributed by atoms with Gasteiger partial charge >= 0.3 is 14.8 Å². The van der Waals surface area contributed by atoms with E-state index in [9.17, 15) is 4.79 Å². The molecule has 5 nitrogen and oxygen atoms in total. The summed E-state index contributed by atoms with van der Waals surface area (Å²) in [4.78, 5) is 11.5. The van der Waals surface area contributed by atoms with Crippen molar-refractivity contribution in [3.8, 4) is 0 Å². The van der Waals surface area contributed by atoms with Gasteiger partial charge in [-0.25, -0.2) is 4.79 Å². The van der Waals surface area contributed by atoms with Gasteiger partial charge < -0.3 is 18.0 Å². The molecule has 3 atom stereocenters. The van der Waals surface area contributed by atoms with E-state index in [1.54, 1.807) is 6.92 Å². The van der Waals surface area contributed by atoms with Gasteiger partial charge in [0, 0.05) is 23.8 Å². The summed E-state index contributed by atoms with van der Waals surface area (Å²) in [6.07, 6.45) is 6.53. The first-order valence-corrected chi connectivity index (χ1v) is 13.4. The van der Waals surface area contributed by atoms with Crippen molar-refractivity contribution in [3.05, 3.63) is 12.2 Å². The van der Waals surface area contributed by atoms with Crippen LogP contribution in [-0.4, -0.2) is 39.2 Å². The van der Waals surface area contributed by atoms with E-state index in [2.05, 4.69) is 55.0 Å². The molecule has 0 aliphatic rings. The lowest BCUT2D eigenvalue weighted by atomic mass is 9.96. The molecule has 0 saturated carbocycles. The van der Waals surface area contributed by atoms with Crippen LogP contribution in [0.5, 0.6) is 0 Å². The van der Waals surface area contributed by atoms with E-state index < -0.39 is 8.80 Å². The molecule has 29 heavy (non-hydrogen) atoms. The molecule has 0 aliphatic heterocycles. The minimum Gasteiger partial charge on any atom is -0.462 e. The standard InChI is InChI=1S/C23H46O5Si/c1-10-18-29(26-20(7)11-2,27-21(8)12-3)28-23(9,13-4)16-14-15-17-25-22(24)19(5)6/h20-21H,5,10-18H2,1-4,6-9H3. The lowest BCUT2D eigenvalue weighted by molar-refractivity contribution is -0.139. The second-order valence-corrected chi connectivity index (χ2v) is 10.9. The Labute approximate surface area is 180 Å². The second-order valence-electron chi connectivity index (χ2n) is 8.39. The second kappa shape index (κ2) is 14.3. The van der Waals surface area contributed by atoms with Crippen LogP contribution in [0, 0.1) is 0 Å². The van der Waals surface area contributed by atoms with Crippen LogP contribution < -0.4 is 0 Å². The number of carbonyl (C=O) groups excluding carboxylic acids is 1. The van der Waals surface area contributed by atoms with Crippen molar-refractivity contribution in [1.82, 2.24) is 0 Å². The van der Waals surface area contributed by atoms with E-state index >= 15 is 0 Å². The van der Waals surface area contributed by atoms with Crippen LogP contribution in [0.4, 0.5) is 0 Å². The molecule has 0 N–H and O–H groups in total. The molecule has 0 amide bonds. The molecule has 3 unspecified atom stereocenters. The Morgan fingerprint density at radius 3 is 2.00 bits per heavy atom. The first-order chi connectivity index (χ1) is 13.6. The maximum absolute atomic E-state index is 11.5. The van der Waals surface area contributed by atoms with Gasteiger partial charge in [-0.1, -0.05) is 40.7 Å². The number of rotatable bonds is 17. The van der Waals surface area contributed by atoms with Crippen molar-refractivity contribution in [2.75, 3.05) is 6.61 Å². The predicted molar refractivity (Wildman–Crippen MR) is 122 cm³/mol. The summed E-state index contributed by atoms with van der Waals surface area (Å²) in [5.74, 6) is -0.322. The fourth-order valence-electron chi connectivity index (χ4n) is 2.90. The van der Waals surface area contributed by atoms with E-state index in [-0.39, 0.29) is 23.8 Å². The summed E-state index contributed by atoms with van der Waals surface area (Å²) >= 11 is 0. The van der Waals surface area contributed by atoms with Gasteiger partial charge in [0.25, 0.3) is 0 Å². The number of esters is 1. The highest BCUT2D eigenvalue weighted by atomic mass is 28.4. The third kappa shape index (κ3) is 11.3. The van der Waals surface area contributed by atoms with Crippen LogP contribution in [0.25, 0.3) is 0 Å². The van der Waals surface area contributed by atoms with Crippen LogP contribution in [0.2, 0.25) is 6.04 Å². The fraction of sp³-hybridized carbons (Fsp3) is 0.870. The number of ether oxygens (including phenoxy) is 1. The van der Waals surface area contributed by atoms with Gasteiger partial charge in [-0.2, -0.15) is 0 Å². The first-order valence-electron chi connectivity index (χ1n) is 11.4. The Bertz CT molecular complexity index is 470. The quantitative estimate of drug-likeness (QED) is 0.115. The predicted octanol–water partition coefficient (Wildman–Crippen LogP) is 6.44. The zero-order valence-corrected chi connectivity index (χ0v) is 21.3. The fourth-order valence-corrected chi connectivity index (χ4v) is 6.55. The largest absolute Gasteiger partial charge is 0.501 e. The molecule has 0 aromatic rings. The van der Waals surface area contributed by atoms with Crippen LogP contribution in [0.15, 0.2) is 12.2 Å². The summed E-state index contributed by atoms with van der Waals surface area (Å²) < 4.78 is 25.0. The molecule has 0 fully saturated rings. The molecule has 0 aromatic carbocycles. The van der Waals surface area contributed by atoms with Crippen molar-refractivity contribution >= 4 is 14.8 Å². The average Bonchev–Trinajstić information content (AvgIpc) is 2.67. The summed E-state index contributed by atoms with van der Waals surface area (Å²) in [5, 5.41) is 0. The smallest absolute Gasteiger partial charge is 0.462 e. The molecule has 0 aliphatic carbocycles. The van der Waals surface area contributed by atoms with Gasteiger partial charge in [0.15, 0.2) is 0 Å². The van der Waals surface area contributed by atoms with Gasteiger partial charge in [0.1, 0.15) is 0 Å². The highest BCUT2D eigenvalue weighted by molar-refractivity contribution is 6.61. The molecule has 0 spiro atoms. The Hall–Kier alpha value is -0.693. The normalized spacial score (nSPS) is 17.8. The minimum atomic E-state index is -2.82. The molecule has 0 heterocycles. The molecule has 0 aromatic heterocycles. The van der Waals surface area contributed by atoms with Crippen molar-refractivity contribution in [2.45, 2.75) is 124 Å². The Morgan fingerprint density at radius 1 is 1.03 bits per heavy atom. The van der Waals surface area contributed by atoms with Crippen LogP contribution in [0.1, 0.15) is 100 Å². The van der Waals surface area contributed by atoms with Crippen LogP contribution in [0.3, 0.4) is 0 Å². The highest BCUT2D eigenvalue weighted by Crippen LogP contribution is 2.33. The van der Waals surface area contributed by atoms with E-state index in [1.807, 2.05) is 0 Å². The molecule has 0 bridgehead atoms. The van der Waals surface area contributed by atoms with E-state index in [0.717, 1.165) is 51.0 Å². The van der Waals surface area contributed by atoms with Gasteiger partial charge in [0.2, 0.25) is 0 Å². The highest BCUT2D eigenvalue weighted by Gasteiger charge is 2.47. The Morgan fingerprint density at radius 2 is 1.59 bits per heavy atom. The molecule has 0 saturated heterocycles. The van der Waals surface area contributed by atoms with E-state index in [4.69, 9.17) is 18.0 Å². The van der Waals surface area contributed by atoms with Gasteiger partial charge in [-0.15, -0.1) is 0 Å². The van der Waals surface area contributed by atoms with Crippen molar-refractivity contribution in [2.24, 2.45) is 0 Å². The topological polar surface area (TPSA) is 54.0 Å². The number of unbranched alkanes of at least 4 members (excludes halogenated alkanes) is 1. The van der Waals surface area contributed by atoms with Crippen LogP contribution in [-0.2, 0) is 22.8 Å². The van der Waals surface area contributed by atoms with Gasteiger partial charge in [-0.3, -0.25) is 0 Å². The third-order valence-corrected chi connectivity index (χ3v) is 8.74. The first kappa shape index (κ1) is 28.3. The number of hydrogen-bond acceptors (Lipinski definition) is 5. The van der Waals surface area contributed by atoms with E-state index in [0.29, 0.717) is 12.2 Å². The van der Waals surface area contributed by atoms with Crippen molar-refractivity contribution < 1.29 is 22.8 Å². The van der Waals surface area contributed by atoms with E-state index in [1.165, 1.54) is 0 Å². The summed E-state index contributed by atoms with van der Waals surface area (Å²) in [5.41, 5.74) is 0.118. The molecule has 0 radical (unpaired) electrons. The minimum absolute atomic E-state index is 0.111. The zero-order valence-electron chi connectivity index (χ0n) is 20.3. The average molecular weight is 431 g/mol. The monoisotopic (exact) mass is 430 g/mol. The lowest BCUT2D eigenvalue weighted by Crippen LogP contribution is -2.54. The van der Waals surface area contributed by atoms with Gasteiger partial charge in [-0.05, 0) is 66.2 Å². The SMILES string of the molecule is C=C(C)C(=O)OCCCCC(C)(CC)O[Si](CCC)(OC(C)CC)OC(C)CC. The summed E-state index contributed by atoms with van der Waals surface area (Å²) in [7, 11) is -2.82. The number of hydrogen-bond donors (Lipinski definition) is 0. The Kier molecular flexibility index (Phi) is 14.0. The summed E-state index contributed by atoms with van der Waals surface area (Å²) in [6.45, 7) is 20.6. The maximum Gasteiger partial charge on any atom is 0.501 e. The molecule has 172 valence electrons. The molecular weight excluding hydrogens is 384 g/mol. The Balaban J connectivity index is 5.13. The maximum atomic E-state index is 11.5. The number of carbonyl (C=O) groups is 1. The van der Waals surface area contributed by atoms with Crippen LogP contribution >= 0.6 is 0 Å².